The zero-order chi connectivity index (χ0) is 11.7. The van der Waals surface area contributed by atoms with Gasteiger partial charge in [0.15, 0.2) is 0 Å². The minimum Gasteiger partial charge on any atom is -0.396 e. The summed E-state index contributed by atoms with van der Waals surface area (Å²) in [5, 5.41) is 8.82. The van der Waals surface area contributed by atoms with Gasteiger partial charge in [0, 0.05) is 31.2 Å². The molecule has 1 aliphatic heterocycles. The molecule has 0 unspecified atom stereocenters. The molecular weight excluding hydrogens is 211 g/mol. The maximum atomic E-state index is 13.1. The van der Waals surface area contributed by atoms with Crippen molar-refractivity contribution in [2.75, 3.05) is 25.4 Å². The average molecular weight is 224 g/mol. The number of hydrogen-bond donors (Lipinski definition) is 2. The molecule has 3 N–H and O–H groups in total. The Bertz CT molecular complexity index is 416. The quantitative estimate of drug-likeness (QED) is 0.718. The van der Waals surface area contributed by atoms with Crippen LogP contribution < -0.4 is 5.73 Å². The number of amides is 1. The Morgan fingerprint density at radius 3 is 2.81 bits per heavy atom. The third-order valence-corrected chi connectivity index (χ3v) is 2.75. The molecule has 4 nitrogen and oxygen atoms in total. The molecule has 1 aromatic carbocycles. The largest absolute Gasteiger partial charge is 0.396 e. The molecule has 1 heterocycles. The average Bonchev–Trinajstić information content (AvgIpc) is 2.20. The summed E-state index contributed by atoms with van der Waals surface area (Å²) in [5.74, 6) is -0.642. The van der Waals surface area contributed by atoms with E-state index in [0.29, 0.717) is 18.7 Å². The summed E-state index contributed by atoms with van der Waals surface area (Å²) in [5.41, 5.74) is 5.65. The van der Waals surface area contributed by atoms with Gasteiger partial charge in [0.05, 0.1) is 5.69 Å². The summed E-state index contributed by atoms with van der Waals surface area (Å²) in [7, 11) is 0. The van der Waals surface area contributed by atoms with Gasteiger partial charge in [-0.1, -0.05) is 0 Å². The van der Waals surface area contributed by atoms with Gasteiger partial charge in [0.2, 0.25) is 0 Å². The zero-order valence-electron chi connectivity index (χ0n) is 8.69. The SMILES string of the molecule is Nc1ccc(C(=O)N2CC(CO)C2)cc1F. The van der Waals surface area contributed by atoms with E-state index in [0.717, 1.165) is 6.07 Å². The van der Waals surface area contributed by atoms with Crippen molar-refractivity contribution in [1.29, 1.82) is 0 Å². The van der Waals surface area contributed by atoms with Crippen molar-refractivity contribution >= 4 is 11.6 Å². The summed E-state index contributed by atoms with van der Waals surface area (Å²) >= 11 is 0. The molecule has 16 heavy (non-hydrogen) atoms. The smallest absolute Gasteiger partial charge is 0.253 e. The maximum absolute atomic E-state index is 13.1. The second-order valence-electron chi connectivity index (χ2n) is 4.00. The Labute approximate surface area is 92.5 Å². The van der Waals surface area contributed by atoms with E-state index in [1.165, 1.54) is 12.1 Å². The number of carbonyl (C=O) groups excluding carboxylic acids is 1. The number of nitrogens with two attached hydrogens (primary N) is 1. The lowest BCUT2D eigenvalue weighted by Crippen LogP contribution is -2.51. The van der Waals surface area contributed by atoms with Crippen LogP contribution in [0.3, 0.4) is 0 Å². The van der Waals surface area contributed by atoms with E-state index in [9.17, 15) is 9.18 Å². The third kappa shape index (κ3) is 1.86. The zero-order valence-corrected chi connectivity index (χ0v) is 8.69. The molecule has 1 amide bonds. The van der Waals surface area contributed by atoms with Crippen molar-refractivity contribution in [2.24, 2.45) is 5.92 Å². The minimum absolute atomic E-state index is 0.0356. The van der Waals surface area contributed by atoms with E-state index in [1.54, 1.807) is 4.90 Å². The Morgan fingerprint density at radius 2 is 2.25 bits per heavy atom. The fourth-order valence-corrected chi connectivity index (χ4v) is 1.69. The molecule has 5 heteroatoms. The third-order valence-electron chi connectivity index (χ3n) is 2.75. The fraction of sp³-hybridized carbons (Fsp3) is 0.364. The van der Waals surface area contributed by atoms with Crippen LogP contribution in [0.5, 0.6) is 0 Å². The number of nitrogens with zero attached hydrogens (tertiary/aromatic N) is 1. The molecule has 1 aromatic rings. The van der Waals surface area contributed by atoms with Crippen LogP contribution in [0.15, 0.2) is 18.2 Å². The van der Waals surface area contributed by atoms with Crippen LogP contribution >= 0.6 is 0 Å². The highest BCUT2D eigenvalue weighted by Gasteiger charge is 2.30. The van der Waals surface area contributed by atoms with Gasteiger partial charge in [-0.25, -0.2) is 4.39 Å². The maximum Gasteiger partial charge on any atom is 0.253 e. The summed E-state index contributed by atoms with van der Waals surface area (Å²) < 4.78 is 13.1. The molecule has 0 aliphatic carbocycles. The lowest BCUT2D eigenvalue weighted by atomic mass is 10.00. The Hall–Kier alpha value is -1.62. The van der Waals surface area contributed by atoms with Crippen LogP contribution in [0.1, 0.15) is 10.4 Å². The topological polar surface area (TPSA) is 66.6 Å². The standard InChI is InChI=1S/C11H13FN2O2/c12-9-3-8(1-2-10(9)13)11(16)14-4-7(5-14)6-15/h1-3,7,15H,4-6,13H2. The van der Waals surface area contributed by atoms with Crippen molar-refractivity contribution in [3.8, 4) is 0 Å². The Morgan fingerprint density at radius 1 is 1.56 bits per heavy atom. The van der Waals surface area contributed by atoms with E-state index in [2.05, 4.69) is 0 Å². The molecule has 1 fully saturated rings. The van der Waals surface area contributed by atoms with Gasteiger partial charge in [-0.15, -0.1) is 0 Å². The van der Waals surface area contributed by atoms with Gasteiger partial charge in [-0.05, 0) is 18.2 Å². The lowest BCUT2D eigenvalue weighted by molar-refractivity contribution is 0.0361. The van der Waals surface area contributed by atoms with E-state index in [4.69, 9.17) is 10.8 Å². The number of carbonyl (C=O) groups is 1. The predicted molar refractivity (Wildman–Crippen MR) is 57.3 cm³/mol. The van der Waals surface area contributed by atoms with Crippen LogP contribution in [-0.4, -0.2) is 35.6 Å². The number of nitrogen functional groups attached to an aromatic ring is 1. The number of rotatable bonds is 2. The number of halogens is 1. The lowest BCUT2D eigenvalue weighted by Gasteiger charge is -2.38. The Kier molecular flexibility index (Phi) is 2.78. The molecule has 0 bridgehead atoms. The number of likely N-dealkylation sites (tertiary alicyclic amines) is 1. The molecule has 0 saturated carbocycles. The van der Waals surface area contributed by atoms with E-state index in [1.807, 2.05) is 0 Å². The molecule has 0 atom stereocenters. The highest BCUT2D eigenvalue weighted by atomic mass is 19.1. The summed E-state index contributed by atoms with van der Waals surface area (Å²) in [6, 6.07) is 4.03. The molecule has 86 valence electrons. The molecule has 1 aliphatic rings. The van der Waals surface area contributed by atoms with E-state index >= 15 is 0 Å². The first kappa shape index (κ1) is 10.9. The van der Waals surface area contributed by atoms with Gasteiger partial charge >= 0.3 is 0 Å². The first-order valence-corrected chi connectivity index (χ1v) is 5.07. The fourth-order valence-electron chi connectivity index (χ4n) is 1.69. The summed E-state index contributed by atoms with van der Waals surface area (Å²) in [6.07, 6.45) is 0. The van der Waals surface area contributed by atoms with Crippen molar-refractivity contribution in [3.63, 3.8) is 0 Å². The van der Waals surface area contributed by atoms with Crippen LogP contribution in [0.4, 0.5) is 10.1 Å². The normalized spacial score (nSPS) is 16.0. The van der Waals surface area contributed by atoms with Crippen LogP contribution in [0.25, 0.3) is 0 Å². The van der Waals surface area contributed by atoms with Crippen LogP contribution in [0, 0.1) is 11.7 Å². The van der Waals surface area contributed by atoms with Crippen molar-refractivity contribution in [3.05, 3.63) is 29.6 Å². The van der Waals surface area contributed by atoms with Gasteiger partial charge in [-0.2, -0.15) is 0 Å². The predicted octanol–water partition coefficient (Wildman–Crippen LogP) is 0.472. The number of anilines is 1. The number of aliphatic hydroxyl groups is 1. The summed E-state index contributed by atoms with van der Waals surface area (Å²) in [4.78, 5) is 13.4. The van der Waals surface area contributed by atoms with Crippen LogP contribution in [-0.2, 0) is 0 Å². The molecule has 0 radical (unpaired) electrons. The minimum atomic E-state index is -0.579. The second-order valence-corrected chi connectivity index (χ2v) is 4.00. The highest BCUT2D eigenvalue weighted by Crippen LogP contribution is 2.20. The van der Waals surface area contributed by atoms with Crippen molar-refractivity contribution < 1.29 is 14.3 Å². The molecule has 1 saturated heterocycles. The molecule has 2 rings (SSSR count). The van der Waals surface area contributed by atoms with E-state index < -0.39 is 5.82 Å². The molecule has 0 aromatic heterocycles. The van der Waals surface area contributed by atoms with E-state index in [-0.39, 0.29) is 24.1 Å². The summed E-state index contributed by atoms with van der Waals surface area (Å²) in [6.45, 7) is 1.14. The molecule has 0 spiro atoms. The van der Waals surface area contributed by atoms with Gasteiger partial charge < -0.3 is 15.7 Å². The van der Waals surface area contributed by atoms with Crippen LogP contribution in [0.2, 0.25) is 0 Å². The van der Waals surface area contributed by atoms with Crippen molar-refractivity contribution in [1.82, 2.24) is 4.90 Å². The molecular formula is C11H13FN2O2. The first-order chi connectivity index (χ1) is 7.61. The number of aliphatic hydroxyl groups excluding tert-OH is 1. The second kappa shape index (κ2) is 4.09. The van der Waals surface area contributed by atoms with Crippen molar-refractivity contribution in [2.45, 2.75) is 0 Å². The first-order valence-electron chi connectivity index (χ1n) is 5.07. The van der Waals surface area contributed by atoms with Gasteiger partial charge in [0.25, 0.3) is 5.91 Å². The van der Waals surface area contributed by atoms with Gasteiger partial charge in [0.1, 0.15) is 5.82 Å². The monoisotopic (exact) mass is 224 g/mol. The Balaban J connectivity index is 2.07. The number of benzene rings is 1. The number of hydrogen-bond acceptors (Lipinski definition) is 3. The van der Waals surface area contributed by atoms with Gasteiger partial charge in [-0.3, -0.25) is 4.79 Å². The highest BCUT2D eigenvalue weighted by molar-refractivity contribution is 5.95.